The highest BCUT2D eigenvalue weighted by atomic mass is 16.4. The van der Waals surface area contributed by atoms with Crippen LogP contribution in [0.1, 0.15) is 10.5 Å². The summed E-state index contributed by atoms with van der Waals surface area (Å²) >= 11 is 0. The van der Waals surface area contributed by atoms with E-state index in [0.29, 0.717) is 10.9 Å². The minimum atomic E-state index is -1.07. The van der Waals surface area contributed by atoms with Gasteiger partial charge in [-0.2, -0.15) is 0 Å². The highest BCUT2D eigenvalue weighted by Gasteiger charge is 2.08. The van der Waals surface area contributed by atoms with E-state index in [2.05, 4.69) is 9.97 Å². The van der Waals surface area contributed by atoms with E-state index in [0.717, 1.165) is 0 Å². The summed E-state index contributed by atoms with van der Waals surface area (Å²) in [7, 11) is 0. The SMILES string of the molecule is O=C(O)c1cc2c(=O)[nH]ccc2[nH]1. The fraction of sp³-hybridized carbons (Fsp3) is 0. The fourth-order valence-electron chi connectivity index (χ4n) is 1.18. The Labute approximate surface area is 72.0 Å². The molecule has 2 aromatic heterocycles. The van der Waals surface area contributed by atoms with Crippen LogP contribution in [0.4, 0.5) is 0 Å². The van der Waals surface area contributed by atoms with Crippen molar-refractivity contribution < 1.29 is 9.90 Å². The number of nitrogens with one attached hydrogen (secondary N) is 2. The molecule has 2 heterocycles. The molecular weight excluding hydrogens is 172 g/mol. The van der Waals surface area contributed by atoms with Crippen LogP contribution >= 0.6 is 0 Å². The maximum absolute atomic E-state index is 11.1. The van der Waals surface area contributed by atoms with Crippen LogP contribution in [0.25, 0.3) is 10.9 Å². The lowest BCUT2D eigenvalue weighted by Crippen LogP contribution is -2.02. The molecule has 2 rings (SSSR count). The van der Waals surface area contributed by atoms with Gasteiger partial charge in [0.25, 0.3) is 5.56 Å². The second kappa shape index (κ2) is 2.48. The van der Waals surface area contributed by atoms with Crippen molar-refractivity contribution in [2.75, 3.05) is 0 Å². The second-order valence-electron chi connectivity index (χ2n) is 2.62. The number of pyridine rings is 1. The summed E-state index contributed by atoms with van der Waals surface area (Å²) in [6, 6.07) is 2.93. The van der Waals surface area contributed by atoms with E-state index in [-0.39, 0.29) is 11.3 Å². The molecule has 3 N–H and O–H groups in total. The molecule has 0 unspecified atom stereocenters. The zero-order valence-corrected chi connectivity index (χ0v) is 6.50. The van der Waals surface area contributed by atoms with Gasteiger partial charge in [-0.3, -0.25) is 4.79 Å². The Balaban J connectivity index is 2.83. The van der Waals surface area contributed by atoms with Crippen molar-refractivity contribution in [1.82, 2.24) is 9.97 Å². The van der Waals surface area contributed by atoms with E-state index in [1.165, 1.54) is 12.3 Å². The van der Waals surface area contributed by atoms with Gasteiger partial charge in [0.1, 0.15) is 5.69 Å². The smallest absolute Gasteiger partial charge is 0.352 e. The molecule has 0 atom stereocenters. The Hall–Kier alpha value is -2.04. The second-order valence-corrected chi connectivity index (χ2v) is 2.62. The summed E-state index contributed by atoms with van der Waals surface area (Å²) in [5, 5.41) is 8.99. The first-order valence-electron chi connectivity index (χ1n) is 3.62. The zero-order valence-electron chi connectivity index (χ0n) is 6.50. The van der Waals surface area contributed by atoms with Crippen LogP contribution in [0.5, 0.6) is 0 Å². The monoisotopic (exact) mass is 178 g/mol. The van der Waals surface area contributed by atoms with Crippen LogP contribution in [0.3, 0.4) is 0 Å². The van der Waals surface area contributed by atoms with Gasteiger partial charge in [-0.05, 0) is 12.1 Å². The van der Waals surface area contributed by atoms with Gasteiger partial charge in [-0.1, -0.05) is 0 Å². The van der Waals surface area contributed by atoms with E-state index in [1.807, 2.05) is 0 Å². The predicted molar refractivity (Wildman–Crippen MR) is 45.9 cm³/mol. The molecule has 13 heavy (non-hydrogen) atoms. The third-order valence-electron chi connectivity index (χ3n) is 1.79. The molecule has 0 amide bonds. The highest BCUT2D eigenvalue weighted by Crippen LogP contribution is 2.09. The Morgan fingerprint density at radius 3 is 2.85 bits per heavy atom. The van der Waals surface area contributed by atoms with Gasteiger partial charge in [0.15, 0.2) is 0 Å². The van der Waals surface area contributed by atoms with Crippen LogP contribution < -0.4 is 5.56 Å². The maximum Gasteiger partial charge on any atom is 0.352 e. The Morgan fingerprint density at radius 2 is 2.23 bits per heavy atom. The molecule has 0 saturated heterocycles. The summed E-state index contributed by atoms with van der Waals surface area (Å²) < 4.78 is 0. The van der Waals surface area contributed by atoms with E-state index < -0.39 is 5.97 Å². The third-order valence-corrected chi connectivity index (χ3v) is 1.79. The van der Waals surface area contributed by atoms with Crippen LogP contribution in [-0.2, 0) is 0 Å². The minimum absolute atomic E-state index is 0.0201. The van der Waals surface area contributed by atoms with Gasteiger partial charge in [0.05, 0.1) is 10.9 Å². The topological polar surface area (TPSA) is 85.9 Å². The molecule has 5 nitrogen and oxygen atoms in total. The average Bonchev–Trinajstić information content (AvgIpc) is 2.49. The number of aromatic nitrogens is 2. The number of aromatic amines is 2. The van der Waals surface area contributed by atoms with Crippen molar-refractivity contribution in [3.8, 4) is 0 Å². The van der Waals surface area contributed by atoms with E-state index in [9.17, 15) is 9.59 Å². The van der Waals surface area contributed by atoms with E-state index in [1.54, 1.807) is 6.07 Å². The van der Waals surface area contributed by atoms with Crippen molar-refractivity contribution in [3.63, 3.8) is 0 Å². The van der Waals surface area contributed by atoms with Crippen LogP contribution in [0.15, 0.2) is 23.1 Å². The first-order chi connectivity index (χ1) is 6.18. The van der Waals surface area contributed by atoms with Crippen LogP contribution in [0.2, 0.25) is 0 Å². The minimum Gasteiger partial charge on any atom is -0.477 e. The maximum atomic E-state index is 11.1. The molecule has 0 aliphatic heterocycles. The number of carboxylic acid groups (broad SMARTS) is 1. The van der Waals surface area contributed by atoms with Crippen molar-refractivity contribution in [3.05, 3.63) is 34.4 Å². The van der Waals surface area contributed by atoms with Gasteiger partial charge in [-0.15, -0.1) is 0 Å². The van der Waals surface area contributed by atoms with Crippen LogP contribution in [-0.4, -0.2) is 21.0 Å². The number of rotatable bonds is 1. The highest BCUT2D eigenvalue weighted by molar-refractivity contribution is 5.93. The molecule has 0 fully saturated rings. The molecule has 5 heteroatoms. The van der Waals surface area contributed by atoms with Gasteiger partial charge < -0.3 is 15.1 Å². The van der Waals surface area contributed by atoms with Crippen molar-refractivity contribution in [2.24, 2.45) is 0 Å². The number of fused-ring (bicyclic) bond motifs is 1. The van der Waals surface area contributed by atoms with Gasteiger partial charge in [0.2, 0.25) is 0 Å². The van der Waals surface area contributed by atoms with Gasteiger partial charge in [0, 0.05) is 6.20 Å². The normalized spacial score (nSPS) is 10.5. The quantitative estimate of drug-likeness (QED) is 0.596. The summed E-state index contributed by atoms with van der Waals surface area (Å²) in [4.78, 5) is 26.8. The summed E-state index contributed by atoms with van der Waals surface area (Å²) in [6.45, 7) is 0. The first-order valence-corrected chi connectivity index (χ1v) is 3.62. The van der Waals surface area contributed by atoms with Crippen LogP contribution in [0, 0.1) is 0 Å². The number of hydrogen-bond acceptors (Lipinski definition) is 2. The molecule has 66 valence electrons. The van der Waals surface area contributed by atoms with E-state index in [4.69, 9.17) is 5.11 Å². The molecule has 0 radical (unpaired) electrons. The summed E-state index contributed by atoms with van der Waals surface area (Å²) in [5.74, 6) is -1.07. The molecule has 0 aliphatic rings. The molecular formula is C8H6N2O3. The third kappa shape index (κ3) is 1.10. The molecule has 0 spiro atoms. The molecule has 0 aliphatic carbocycles. The Kier molecular flexibility index (Phi) is 1.45. The van der Waals surface area contributed by atoms with Gasteiger partial charge >= 0.3 is 5.97 Å². The Bertz CT molecular complexity index is 523. The summed E-state index contributed by atoms with van der Waals surface area (Å²) in [6.07, 6.45) is 1.47. The Morgan fingerprint density at radius 1 is 1.46 bits per heavy atom. The number of H-pyrrole nitrogens is 2. The summed E-state index contributed by atoms with van der Waals surface area (Å²) in [5.41, 5.74) is 0.258. The van der Waals surface area contributed by atoms with Crippen molar-refractivity contribution in [2.45, 2.75) is 0 Å². The fourth-order valence-corrected chi connectivity index (χ4v) is 1.18. The lowest BCUT2D eigenvalue weighted by molar-refractivity contribution is 0.0691. The zero-order chi connectivity index (χ0) is 9.42. The molecule has 0 saturated carbocycles. The predicted octanol–water partition coefficient (Wildman–Crippen LogP) is 0.554. The molecule has 0 bridgehead atoms. The van der Waals surface area contributed by atoms with Crippen molar-refractivity contribution >= 4 is 16.9 Å². The van der Waals surface area contributed by atoms with Gasteiger partial charge in [-0.25, -0.2) is 4.79 Å². The number of hydrogen-bond donors (Lipinski definition) is 3. The largest absolute Gasteiger partial charge is 0.477 e. The lowest BCUT2D eigenvalue weighted by atomic mass is 10.3. The number of aromatic carboxylic acids is 1. The number of carboxylic acids is 1. The standard InChI is InChI=1S/C8H6N2O3/c11-7-4-3-6(8(12)13)10-5(4)1-2-9-7/h1-3,10H,(H,9,11)(H,12,13). The number of carbonyl (C=O) groups is 1. The molecule has 2 aromatic rings. The van der Waals surface area contributed by atoms with Crippen molar-refractivity contribution in [1.29, 1.82) is 0 Å². The van der Waals surface area contributed by atoms with E-state index >= 15 is 0 Å². The molecule has 0 aromatic carbocycles. The lowest BCUT2D eigenvalue weighted by Gasteiger charge is -1.84. The first kappa shape index (κ1) is 7.60. The average molecular weight is 178 g/mol.